The van der Waals surface area contributed by atoms with E-state index >= 15 is 0 Å². The SMILES string of the molecule is CCCC(N=Nc1ccc(Cl)cc1)C(=O)NC(CC(C)C)C(=O)NC(Cc1ccccc1)C(=O)OC. The van der Waals surface area contributed by atoms with Gasteiger partial charge in [0.15, 0.2) is 0 Å². The van der Waals surface area contributed by atoms with Crippen LogP contribution in [0.4, 0.5) is 5.69 Å². The van der Waals surface area contributed by atoms with E-state index in [9.17, 15) is 14.4 Å². The number of carbonyl (C=O) groups excluding carboxylic acids is 3. The Morgan fingerprint density at radius 1 is 0.944 bits per heavy atom. The lowest BCUT2D eigenvalue weighted by Crippen LogP contribution is -2.54. The van der Waals surface area contributed by atoms with Gasteiger partial charge in [-0.25, -0.2) is 4.79 Å². The molecule has 0 saturated carbocycles. The Kier molecular flexibility index (Phi) is 12.1. The molecule has 0 spiro atoms. The van der Waals surface area contributed by atoms with Gasteiger partial charge in [-0.1, -0.05) is 69.1 Å². The third kappa shape index (κ3) is 9.77. The van der Waals surface area contributed by atoms with Crippen LogP contribution in [-0.4, -0.2) is 43.0 Å². The monoisotopic (exact) mass is 514 g/mol. The van der Waals surface area contributed by atoms with Crippen molar-refractivity contribution in [3.05, 3.63) is 65.2 Å². The number of carbonyl (C=O) groups is 3. The molecule has 0 fully saturated rings. The molecular weight excluding hydrogens is 480 g/mol. The summed E-state index contributed by atoms with van der Waals surface area (Å²) in [4.78, 5) is 38.7. The Morgan fingerprint density at radius 3 is 2.17 bits per heavy atom. The van der Waals surface area contributed by atoms with E-state index in [1.807, 2.05) is 51.1 Å². The molecular formula is C27H35ClN4O4. The molecule has 0 aromatic heterocycles. The summed E-state index contributed by atoms with van der Waals surface area (Å²) in [7, 11) is 1.28. The summed E-state index contributed by atoms with van der Waals surface area (Å²) >= 11 is 5.91. The number of rotatable bonds is 13. The summed E-state index contributed by atoms with van der Waals surface area (Å²) < 4.78 is 4.90. The van der Waals surface area contributed by atoms with Crippen LogP contribution in [0.3, 0.4) is 0 Å². The van der Waals surface area contributed by atoms with E-state index in [0.717, 1.165) is 5.56 Å². The second-order valence-corrected chi connectivity index (χ2v) is 9.40. The second-order valence-electron chi connectivity index (χ2n) is 8.96. The smallest absolute Gasteiger partial charge is 0.328 e. The van der Waals surface area contributed by atoms with Gasteiger partial charge < -0.3 is 15.4 Å². The van der Waals surface area contributed by atoms with Gasteiger partial charge in [0.2, 0.25) is 11.8 Å². The van der Waals surface area contributed by atoms with Gasteiger partial charge in [0.25, 0.3) is 0 Å². The molecule has 0 aliphatic heterocycles. The Bertz CT molecular complexity index is 1010. The number of hydrogen-bond donors (Lipinski definition) is 2. The summed E-state index contributed by atoms with van der Waals surface area (Å²) in [6, 6.07) is 13.7. The van der Waals surface area contributed by atoms with Gasteiger partial charge in [0.05, 0.1) is 12.8 Å². The number of methoxy groups -OCH3 is 1. The topological polar surface area (TPSA) is 109 Å². The molecule has 0 aliphatic rings. The number of nitrogens with one attached hydrogen (secondary N) is 2. The first-order valence-corrected chi connectivity index (χ1v) is 12.5. The number of halogens is 1. The predicted molar refractivity (Wildman–Crippen MR) is 140 cm³/mol. The average Bonchev–Trinajstić information content (AvgIpc) is 2.86. The molecule has 3 atom stereocenters. The first-order valence-electron chi connectivity index (χ1n) is 12.1. The molecule has 2 amide bonds. The van der Waals surface area contributed by atoms with Gasteiger partial charge in [-0.05, 0) is 48.6 Å². The molecule has 0 bridgehead atoms. The minimum atomic E-state index is -0.882. The minimum Gasteiger partial charge on any atom is -0.467 e. The number of nitrogens with zero attached hydrogens (tertiary/aromatic N) is 2. The second kappa shape index (κ2) is 15.0. The van der Waals surface area contributed by atoms with E-state index in [-0.39, 0.29) is 12.3 Å². The Labute approximate surface area is 217 Å². The summed E-state index contributed by atoms with van der Waals surface area (Å²) in [6.45, 7) is 5.86. The molecule has 2 aromatic rings. The van der Waals surface area contributed by atoms with E-state index in [2.05, 4.69) is 20.9 Å². The van der Waals surface area contributed by atoms with Crippen LogP contribution < -0.4 is 10.6 Å². The highest BCUT2D eigenvalue weighted by molar-refractivity contribution is 6.30. The zero-order chi connectivity index (χ0) is 26.5. The Balaban J connectivity index is 2.15. The molecule has 0 saturated heterocycles. The summed E-state index contributed by atoms with van der Waals surface area (Å²) in [5, 5.41) is 14.6. The largest absolute Gasteiger partial charge is 0.467 e. The predicted octanol–water partition coefficient (Wildman–Crippen LogP) is 5.02. The van der Waals surface area contributed by atoms with Crippen LogP contribution in [-0.2, 0) is 25.5 Å². The van der Waals surface area contributed by atoms with Crippen LogP contribution >= 0.6 is 11.6 Å². The minimum absolute atomic E-state index is 0.118. The number of amides is 2. The highest BCUT2D eigenvalue weighted by Crippen LogP contribution is 2.18. The average molecular weight is 515 g/mol. The van der Waals surface area contributed by atoms with Crippen LogP contribution in [0.15, 0.2) is 64.8 Å². The first kappa shape index (κ1) is 29.0. The van der Waals surface area contributed by atoms with E-state index in [4.69, 9.17) is 16.3 Å². The first-order chi connectivity index (χ1) is 17.2. The highest BCUT2D eigenvalue weighted by atomic mass is 35.5. The Hall–Kier alpha value is -3.26. The molecule has 2 rings (SSSR count). The maximum atomic E-state index is 13.2. The quantitative estimate of drug-likeness (QED) is 0.289. The van der Waals surface area contributed by atoms with Gasteiger partial charge >= 0.3 is 5.97 Å². The fourth-order valence-corrected chi connectivity index (χ4v) is 3.71. The van der Waals surface area contributed by atoms with Crippen molar-refractivity contribution < 1.29 is 19.1 Å². The molecule has 2 N–H and O–H groups in total. The van der Waals surface area contributed by atoms with Crippen molar-refractivity contribution in [2.24, 2.45) is 16.1 Å². The lowest BCUT2D eigenvalue weighted by atomic mass is 10.0. The van der Waals surface area contributed by atoms with E-state index in [0.29, 0.717) is 30.0 Å². The third-order valence-corrected chi connectivity index (χ3v) is 5.68. The van der Waals surface area contributed by atoms with Crippen molar-refractivity contribution >= 4 is 35.1 Å². The van der Waals surface area contributed by atoms with Gasteiger partial charge in [0, 0.05) is 11.4 Å². The van der Waals surface area contributed by atoms with Gasteiger partial charge in [-0.15, -0.1) is 0 Å². The molecule has 3 unspecified atom stereocenters. The van der Waals surface area contributed by atoms with E-state index in [1.54, 1.807) is 24.3 Å². The summed E-state index contributed by atoms with van der Waals surface area (Å²) in [6.07, 6.45) is 1.84. The van der Waals surface area contributed by atoms with Crippen molar-refractivity contribution in [1.29, 1.82) is 0 Å². The summed E-state index contributed by atoms with van der Waals surface area (Å²) in [5.74, 6) is -1.28. The molecule has 0 heterocycles. The molecule has 8 nitrogen and oxygen atoms in total. The number of azo groups is 1. The fraction of sp³-hybridized carbons (Fsp3) is 0.444. The van der Waals surface area contributed by atoms with Crippen LogP contribution in [0.25, 0.3) is 0 Å². The highest BCUT2D eigenvalue weighted by Gasteiger charge is 2.30. The normalized spacial score (nSPS) is 13.7. The van der Waals surface area contributed by atoms with E-state index in [1.165, 1.54) is 7.11 Å². The number of ether oxygens (including phenoxy) is 1. The van der Waals surface area contributed by atoms with Crippen molar-refractivity contribution in [3.8, 4) is 0 Å². The molecule has 2 aromatic carbocycles. The molecule has 9 heteroatoms. The van der Waals surface area contributed by atoms with Gasteiger partial charge in [-0.3, -0.25) is 9.59 Å². The zero-order valence-corrected chi connectivity index (χ0v) is 22.0. The Morgan fingerprint density at radius 2 is 1.58 bits per heavy atom. The number of hydrogen-bond acceptors (Lipinski definition) is 6. The third-order valence-electron chi connectivity index (χ3n) is 5.43. The van der Waals surface area contributed by atoms with Crippen molar-refractivity contribution in [2.45, 2.75) is 64.6 Å². The maximum absolute atomic E-state index is 13.2. The molecule has 36 heavy (non-hydrogen) atoms. The van der Waals surface area contributed by atoms with Crippen LogP contribution in [0.1, 0.15) is 45.6 Å². The van der Waals surface area contributed by atoms with Gasteiger partial charge in [-0.2, -0.15) is 10.2 Å². The number of esters is 1. The lowest BCUT2D eigenvalue weighted by Gasteiger charge is -2.24. The van der Waals surface area contributed by atoms with E-state index < -0.39 is 35.9 Å². The summed E-state index contributed by atoms with van der Waals surface area (Å²) in [5.41, 5.74) is 1.45. The van der Waals surface area contributed by atoms with Crippen molar-refractivity contribution in [2.75, 3.05) is 7.11 Å². The molecule has 0 radical (unpaired) electrons. The van der Waals surface area contributed by atoms with Crippen molar-refractivity contribution in [1.82, 2.24) is 10.6 Å². The lowest BCUT2D eigenvalue weighted by molar-refractivity contribution is -0.145. The maximum Gasteiger partial charge on any atom is 0.328 e. The fourth-order valence-electron chi connectivity index (χ4n) is 3.59. The number of benzene rings is 2. The standard InChI is InChI=1S/C27H35ClN4O4/c1-5-9-22(32-31-21-14-12-20(28)13-15-21)25(33)29-23(16-18(2)3)26(34)30-24(27(35)36-4)17-19-10-7-6-8-11-19/h6-8,10-15,18,22-24H,5,9,16-17H2,1-4H3,(H,29,33)(H,30,34). The zero-order valence-electron chi connectivity index (χ0n) is 21.2. The van der Waals surface area contributed by atoms with Crippen LogP contribution in [0, 0.1) is 5.92 Å². The molecule has 0 aliphatic carbocycles. The van der Waals surface area contributed by atoms with Gasteiger partial charge in [0.1, 0.15) is 18.1 Å². The van der Waals surface area contributed by atoms with Crippen molar-refractivity contribution in [3.63, 3.8) is 0 Å². The van der Waals surface area contributed by atoms with Crippen LogP contribution in [0.2, 0.25) is 5.02 Å². The molecule has 194 valence electrons. The van der Waals surface area contributed by atoms with Crippen LogP contribution in [0.5, 0.6) is 0 Å².